The van der Waals surface area contributed by atoms with Crippen LogP contribution in [0.1, 0.15) is 99.2 Å². The molecule has 1 aromatic heterocycles. The van der Waals surface area contributed by atoms with Gasteiger partial charge in [0.15, 0.2) is 0 Å². The number of benzene rings is 2. The molecule has 3 aromatic rings. The fourth-order valence-corrected chi connectivity index (χ4v) is 5.32. The van der Waals surface area contributed by atoms with Gasteiger partial charge in [0.25, 0.3) is 5.91 Å². The van der Waals surface area contributed by atoms with E-state index in [1.165, 1.54) is 0 Å². The number of nitrogens with zero attached hydrogens (tertiary/aromatic N) is 1. The molecule has 1 aliphatic rings. The van der Waals surface area contributed by atoms with Gasteiger partial charge in [-0.25, -0.2) is 9.59 Å². The van der Waals surface area contributed by atoms with Crippen LogP contribution in [-0.4, -0.2) is 57.7 Å². The summed E-state index contributed by atoms with van der Waals surface area (Å²) in [5.41, 5.74) is 6.87. The summed E-state index contributed by atoms with van der Waals surface area (Å²) in [5, 5.41) is 17.8. The van der Waals surface area contributed by atoms with Crippen LogP contribution in [-0.2, 0) is 16.0 Å². The highest BCUT2D eigenvalue weighted by Crippen LogP contribution is 2.25. The van der Waals surface area contributed by atoms with Gasteiger partial charge in [0, 0.05) is 40.7 Å². The Balaban J connectivity index is 1.55. The molecule has 246 valence electrons. The van der Waals surface area contributed by atoms with Crippen LogP contribution in [0.15, 0.2) is 48.5 Å². The van der Waals surface area contributed by atoms with Crippen LogP contribution < -0.4 is 21.7 Å². The molecule has 12 nitrogen and oxygen atoms in total. The van der Waals surface area contributed by atoms with Crippen molar-refractivity contribution in [1.29, 1.82) is 5.41 Å². The topological polar surface area (TPSA) is 178 Å². The van der Waals surface area contributed by atoms with Gasteiger partial charge in [0.2, 0.25) is 5.91 Å². The second-order valence-electron chi connectivity index (χ2n) is 13.6. The number of hydrogen-bond donors (Lipinski definition) is 5. The molecular weight excluding hydrogens is 588 g/mol. The molecule has 0 bridgehead atoms. The maximum Gasteiger partial charge on any atom is 0.413 e. The fraction of sp³-hybridized carbons (Fsp3) is 0.441. The summed E-state index contributed by atoms with van der Waals surface area (Å²) in [5.74, 6) is -0.927. The lowest BCUT2D eigenvalue weighted by Crippen LogP contribution is -2.45. The largest absolute Gasteiger partial charge is 0.444 e. The molecule has 1 fully saturated rings. The zero-order valence-corrected chi connectivity index (χ0v) is 27.3. The third kappa shape index (κ3) is 9.32. The van der Waals surface area contributed by atoms with E-state index in [2.05, 4.69) is 16.0 Å². The Labute approximate surface area is 268 Å². The van der Waals surface area contributed by atoms with Gasteiger partial charge in [-0.2, -0.15) is 0 Å². The van der Waals surface area contributed by atoms with E-state index in [1.807, 2.05) is 25.3 Å². The summed E-state index contributed by atoms with van der Waals surface area (Å²) in [6.07, 6.45) is 1.61. The molecule has 4 amide bonds. The first-order valence-corrected chi connectivity index (χ1v) is 15.4. The smallest absolute Gasteiger partial charge is 0.413 e. The summed E-state index contributed by atoms with van der Waals surface area (Å²) in [6.45, 7) is 11.0. The Kier molecular flexibility index (Phi) is 10.1. The molecule has 12 heteroatoms. The molecule has 0 unspecified atom stereocenters. The molecule has 0 saturated heterocycles. The Hall–Kier alpha value is -4.87. The molecule has 6 N–H and O–H groups in total. The predicted octanol–water partition coefficient (Wildman–Crippen LogP) is 5.20. The molecule has 46 heavy (non-hydrogen) atoms. The SMILES string of the molecule is CC(C)(C)OC(=O)NC(=N)c1ccc2cc(C(=O)NC3CCC(NC(=O)OC(C)(C)C)CC3)n(Cc3ccc(C(N)=O)cc3)c2c1. The van der Waals surface area contributed by atoms with Crippen LogP contribution in [0.2, 0.25) is 0 Å². The van der Waals surface area contributed by atoms with Gasteiger partial charge in [-0.05, 0) is 97.1 Å². The molecule has 0 spiro atoms. The summed E-state index contributed by atoms with van der Waals surface area (Å²) in [4.78, 5) is 49.9. The molecule has 2 aromatic carbocycles. The van der Waals surface area contributed by atoms with E-state index in [-0.39, 0.29) is 23.8 Å². The first-order chi connectivity index (χ1) is 21.5. The van der Waals surface area contributed by atoms with Crippen LogP contribution >= 0.6 is 0 Å². The number of carbonyl (C=O) groups is 4. The van der Waals surface area contributed by atoms with Gasteiger partial charge in [0.05, 0.1) is 0 Å². The van der Waals surface area contributed by atoms with Crippen LogP contribution in [0.25, 0.3) is 10.9 Å². The first-order valence-electron chi connectivity index (χ1n) is 15.4. The minimum absolute atomic E-state index is 0.0270. The van der Waals surface area contributed by atoms with Crippen molar-refractivity contribution in [2.75, 3.05) is 0 Å². The van der Waals surface area contributed by atoms with E-state index >= 15 is 0 Å². The third-order valence-electron chi connectivity index (χ3n) is 7.41. The molecule has 4 rings (SSSR count). The summed E-state index contributed by atoms with van der Waals surface area (Å²) in [6, 6.07) is 13.8. The lowest BCUT2D eigenvalue weighted by Gasteiger charge is -2.30. The highest BCUT2D eigenvalue weighted by atomic mass is 16.6. The van der Waals surface area contributed by atoms with E-state index in [9.17, 15) is 19.2 Å². The number of rotatable bonds is 7. The fourth-order valence-electron chi connectivity index (χ4n) is 5.32. The van der Waals surface area contributed by atoms with Crippen molar-refractivity contribution in [3.8, 4) is 0 Å². The second-order valence-corrected chi connectivity index (χ2v) is 13.6. The van der Waals surface area contributed by atoms with Crippen molar-refractivity contribution in [2.45, 2.75) is 97.1 Å². The van der Waals surface area contributed by atoms with Gasteiger partial charge < -0.3 is 30.4 Å². The number of ether oxygens (including phenoxy) is 2. The van der Waals surface area contributed by atoms with E-state index in [0.717, 1.165) is 10.9 Å². The lowest BCUT2D eigenvalue weighted by atomic mass is 9.91. The number of carbonyl (C=O) groups excluding carboxylic acids is 4. The Bertz CT molecular complexity index is 1620. The van der Waals surface area contributed by atoms with Gasteiger partial charge in [-0.15, -0.1) is 0 Å². The predicted molar refractivity (Wildman–Crippen MR) is 175 cm³/mol. The van der Waals surface area contributed by atoms with E-state index < -0.39 is 29.3 Å². The molecule has 1 saturated carbocycles. The lowest BCUT2D eigenvalue weighted by molar-refractivity contribution is 0.0486. The highest BCUT2D eigenvalue weighted by molar-refractivity contribution is 6.07. The number of alkyl carbamates (subject to hydrolysis) is 2. The van der Waals surface area contributed by atoms with Gasteiger partial charge in [-0.3, -0.25) is 20.3 Å². The average molecular weight is 633 g/mol. The molecule has 0 radical (unpaired) electrons. The monoisotopic (exact) mass is 632 g/mol. The number of nitrogens with one attached hydrogen (secondary N) is 4. The van der Waals surface area contributed by atoms with Crippen molar-refractivity contribution in [3.05, 3.63) is 70.9 Å². The summed E-state index contributed by atoms with van der Waals surface area (Å²) >= 11 is 0. The number of primary amides is 1. The summed E-state index contributed by atoms with van der Waals surface area (Å²) < 4.78 is 12.5. The minimum atomic E-state index is -0.737. The van der Waals surface area contributed by atoms with E-state index in [4.69, 9.17) is 20.6 Å². The van der Waals surface area contributed by atoms with Gasteiger partial charge >= 0.3 is 12.2 Å². The first kappa shape index (κ1) is 34.0. The number of hydrogen-bond acceptors (Lipinski definition) is 7. The standard InChI is InChI=1S/C34H44N6O6/c1-33(2,3)45-31(43)38-25-15-13-24(14-16-25)37-30(42)27-17-22-11-12-23(28(35)39-32(44)46-34(4,5)6)18-26(22)40(27)19-20-7-9-21(10-8-20)29(36)41/h7-12,17-18,24-25H,13-16,19H2,1-6H3,(H2,36,41)(H,37,42)(H,38,43)(H2,35,39,44). The van der Waals surface area contributed by atoms with Gasteiger partial charge in [0.1, 0.15) is 22.7 Å². The maximum absolute atomic E-state index is 13.8. The van der Waals surface area contributed by atoms with Crippen molar-refractivity contribution < 1.29 is 28.7 Å². The number of nitrogens with two attached hydrogens (primary N) is 1. The Morgan fingerprint density at radius 3 is 1.91 bits per heavy atom. The molecule has 0 atom stereocenters. The van der Waals surface area contributed by atoms with E-state index in [1.54, 1.807) is 69.3 Å². The Morgan fingerprint density at radius 1 is 0.804 bits per heavy atom. The average Bonchev–Trinajstić information content (AvgIpc) is 3.30. The summed E-state index contributed by atoms with van der Waals surface area (Å²) in [7, 11) is 0. The zero-order chi connectivity index (χ0) is 33.8. The van der Waals surface area contributed by atoms with Gasteiger partial charge in [-0.1, -0.05) is 24.3 Å². The van der Waals surface area contributed by atoms with Crippen molar-refractivity contribution >= 4 is 40.7 Å². The zero-order valence-electron chi connectivity index (χ0n) is 27.3. The van der Waals surface area contributed by atoms with Crippen LogP contribution in [0.5, 0.6) is 0 Å². The van der Waals surface area contributed by atoms with Crippen molar-refractivity contribution in [3.63, 3.8) is 0 Å². The molecular formula is C34H44N6O6. The van der Waals surface area contributed by atoms with Crippen molar-refractivity contribution in [2.24, 2.45) is 5.73 Å². The maximum atomic E-state index is 13.8. The molecule has 0 aliphatic heterocycles. The third-order valence-corrected chi connectivity index (χ3v) is 7.41. The minimum Gasteiger partial charge on any atom is -0.444 e. The number of amides is 4. The van der Waals surface area contributed by atoms with Crippen molar-refractivity contribution in [1.82, 2.24) is 20.5 Å². The van der Waals surface area contributed by atoms with Crippen LogP contribution in [0, 0.1) is 5.41 Å². The number of fused-ring (bicyclic) bond motifs is 1. The highest BCUT2D eigenvalue weighted by Gasteiger charge is 2.27. The quantitative estimate of drug-likeness (QED) is 0.176. The normalized spacial score (nSPS) is 16.7. The van der Waals surface area contributed by atoms with E-state index in [0.29, 0.717) is 54.6 Å². The number of amidine groups is 1. The molecule has 1 heterocycles. The van der Waals surface area contributed by atoms with Crippen LogP contribution in [0.3, 0.4) is 0 Å². The van der Waals surface area contributed by atoms with Crippen LogP contribution in [0.4, 0.5) is 9.59 Å². The second kappa shape index (κ2) is 13.6. The number of aromatic nitrogens is 1. The Morgan fingerprint density at radius 2 is 1.35 bits per heavy atom. The molecule has 1 aliphatic carbocycles.